The van der Waals surface area contributed by atoms with E-state index in [9.17, 15) is 0 Å². The zero-order valence-electron chi connectivity index (χ0n) is 9.76. The molecule has 1 saturated heterocycles. The Labute approximate surface area is 97.2 Å². The van der Waals surface area contributed by atoms with E-state index in [4.69, 9.17) is 5.41 Å². The van der Waals surface area contributed by atoms with E-state index in [1.165, 1.54) is 50.7 Å². The van der Waals surface area contributed by atoms with Gasteiger partial charge >= 0.3 is 0 Å². The average molecular weight is 219 g/mol. The molecule has 3 fully saturated rings. The third-order valence-electron chi connectivity index (χ3n) is 4.32. The molecule has 3 aliphatic rings. The maximum Gasteiger partial charge on any atom is 0.0195 e. The highest BCUT2D eigenvalue weighted by molar-refractivity contribution is 5.69. The second kappa shape index (κ2) is 3.88. The summed E-state index contributed by atoms with van der Waals surface area (Å²) in [6.45, 7) is 3.61. The van der Waals surface area contributed by atoms with Gasteiger partial charge in [0.05, 0.1) is 0 Å². The summed E-state index contributed by atoms with van der Waals surface area (Å²) in [5.74, 6) is 1.61. The fraction of sp³-hybridized carbons (Fsp3) is 0.769. The van der Waals surface area contributed by atoms with Crippen LogP contribution in [0.4, 0.5) is 0 Å². The van der Waals surface area contributed by atoms with Gasteiger partial charge < -0.3 is 16.0 Å². The molecular weight excluding hydrogens is 198 g/mol. The van der Waals surface area contributed by atoms with Gasteiger partial charge in [-0.1, -0.05) is 0 Å². The first kappa shape index (κ1) is 10.3. The lowest BCUT2D eigenvalue weighted by Gasteiger charge is -2.54. The van der Waals surface area contributed by atoms with Crippen molar-refractivity contribution in [3.63, 3.8) is 0 Å². The lowest BCUT2D eigenvalue weighted by atomic mass is 9.58. The zero-order valence-corrected chi connectivity index (χ0v) is 9.76. The summed E-state index contributed by atoms with van der Waals surface area (Å²) in [6, 6.07) is 0. The largest absolute Gasteiger partial charge is 0.388 e. The summed E-state index contributed by atoms with van der Waals surface area (Å²) in [5, 5.41) is 14.1. The van der Waals surface area contributed by atoms with Gasteiger partial charge in [0.25, 0.3) is 0 Å². The lowest BCUT2D eigenvalue weighted by molar-refractivity contribution is 0.00203. The van der Waals surface area contributed by atoms with Gasteiger partial charge in [-0.2, -0.15) is 0 Å². The Morgan fingerprint density at radius 1 is 1.38 bits per heavy atom. The van der Waals surface area contributed by atoms with Crippen molar-refractivity contribution < 1.29 is 0 Å². The molecule has 88 valence electrons. The molecule has 3 N–H and O–H groups in total. The van der Waals surface area contributed by atoms with E-state index in [0.29, 0.717) is 5.41 Å². The Morgan fingerprint density at radius 3 is 2.62 bits per heavy atom. The lowest BCUT2D eigenvalue weighted by Crippen LogP contribution is -2.61. The molecule has 0 amide bonds. The Hall–Kier alpha value is -0.830. The Balaban J connectivity index is 1.42. The first-order valence-electron chi connectivity index (χ1n) is 6.47. The van der Waals surface area contributed by atoms with Crippen LogP contribution in [-0.4, -0.2) is 25.8 Å². The van der Waals surface area contributed by atoms with Crippen LogP contribution in [0.3, 0.4) is 0 Å². The molecule has 2 aliphatic carbocycles. The molecule has 1 spiro atoms. The molecule has 0 aromatic heterocycles. The predicted molar refractivity (Wildman–Crippen MR) is 65.6 cm³/mol. The van der Waals surface area contributed by atoms with Crippen LogP contribution in [0.5, 0.6) is 0 Å². The van der Waals surface area contributed by atoms with Crippen LogP contribution in [0, 0.1) is 22.7 Å². The minimum absolute atomic E-state index is 0.692. The smallest absolute Gasteiger partial charge is 0.0195 e. The van der Waals surface area contributed by atoms with Gasteiger partial charge in [0.2, 0.25) is 0 Å². The van der Waals surface area contributed by atoms with Gasteiger partial charge in [-0.25, -0.2) is 0 Å². The van der Waals surface area contributed by atoms with Gasteiger partial charge in [0.15, 0.2) is 0 Å². The van der Waals surface area contributed by atoms with Crippen LogP contribution >= 0.6 is 0 Å². The van der Waals surface area contributed by atoms with Crippen LogP contribution in [0.25, 0.3) is 0 Å². The molecule has 0 radical (unpaired) electrons. The summed E-state index contributed by atoms with van der Waals surface area (Å²) in [6.07, 6.45) is 8.78. The zero-order chi connectivity index (χ0) is 11.0. The highest BCUT2D eigenvalue weighted by Gasteiger charge is 2.48. The standard InChI is InChI=1S/C13H21N3/c14-4-3-12(11-1-2-11)16-7-10-5-13(6-10)8-15-9-13/h3-4,10-11,14-16H,1-2,5-9H2/b12-3-,14-4?. The normalized spacial score (nSPS) is 28.4. The van der Waals surface area contributed by atoms with Crippen molar-refractivity contribution in [1.82, 2.24) is 10.6 Å². The van der Waals surface area contributed by atoms with E-state index in [1.807, 2.05) is 6.08 Å². The van der Waals surface area contributed by atoms with Gasteiger partial charge in [0.1, 0.15) is 0 Å². The van der Waals surface area contributed by atoms with Crippen molar-refractivity contribution in [3.8, 4) is 0 Å². The van der Waals surface area contributed by atoms with E-state index in [-0.39, 0.29) is 0 Å². The first-order valence-corrected chi connectivity index (χ1v) is 6.47. The quantitative estimate of drug-likeness (QED) is 0.614. The van der Waals surface area contributed by atoms with Crippen LogP contribution in [0.15, 0.2) is 11.8 Å². The van der Waals surface area contributed by atoms with Gasteiger partial charge in [-0.3, -0.25) is 0 Å². The van der Waals surface area contributed by atoms with Gasteiger partial charge in [-0.15, -0.1) is 0 Å². The van der Waals surface area contributed by atoms with Crippen molar-refractivity contribution in [3.05, 3.63) is 11.8 Å². The highest BCUT2D eigenvalue weighted by atomic mass is 15.0. The second-order valence-electron chi connectivity index (χ2n) is 5.82. The van der Waals surface area contributed by atoms with E-state index in [0.717, 1.165) is 18.4 Å². The van der Waals surface area contributed by atoms with Gasteiger partial charge in [0, 0.05) is 31.5 Å². The van der Waals surface area contributed by atoms with Crippen LogP contribution in [0.1, 0.15) is 25.7 Å². The van der Waals surface area contributed by atoms with Crippen molar-refractivity contribution in [1.29, 1.82) is 5.41 Å². The number of hydrogen-bond donors (Lipinski definition) is 3. The Bertz CT molecular complexity index is 305. The predicted octanol–water partition coefficient (Wildman–Crippen LogP) is 1.52. The average Bonchev–Trinajstić information content (AvgIpc) is 2.94. The molecule has 0 bridgehead atoms. The van der Waals surface area contributed by atoms with Crippen LogP contribution < -0.4 is 10.6 Å². The molecule has 0 unspecified atom stereocenters. The SMILES string of the molecule is N=C/C=C(\NCC1CC2(CNC2)C1)C1CC1. The number of allylic oxidation sites excluding steroid dienone is 2. The molecule has 1 aliphatic heterocycles. The van der Waals surface area contributed by atoms with Crippen molar-refractivity contribution >= 4 is 6.21 Å². The molecule has 0 atom stereocenters. The molecule has 0 aromatic rings. The fourth-order valence-electron chi connectivity index (χ4n) is 3.16. The molecule has 16 heavy (non-hydrogen) atoms. The third-order valence-corrected chi connectivity index (χ3v) is 4.32. The summed E-state index contributed by atoms with van der Waals surface area (Å²) in [4.78, 5) is 0. The number of rotatable bonds is 5. The Kier molecular flexibility index (Phi) is 2.51. The molecule has 0 aromatic carbocycles. The van der Waals surface area contributed by atoms with E-state index in [2.05, 4.69) is 10.6 Å². The number of nitrogens with one attached hydrogen (secondary N) is 3. The second-order valence-corrected chi connectivity index (χ2v) is 5.82. The fourth-order valence-corrected chi connectivity index (χ4v) is 3.16. The molecular formula is C13H21N3. The minimum atomic E-state index is 0.692. The molecule has 1 heterocycles. The molecule has 3 heteroatoms. The maximum absolute atomic E-state index is 7.15. The molecule has 2 saturated carbocycles. The summed E-state index contributed by atoms with van der Waals surface area (Å²) >= 11 is 0. The van der Waals surface area contributed by atoms with Gasteiger partial charge in [-0.05, 0) is 49.0 Å². The summed E-state index contributed by atoms with van der Waals surface area (Å²) < 4.78 is 0. The minimum Gasteiger partial charge on any atom is -0.388 e. The highest BCUT2D eigenvalue weighted by Crippen LogP contribution is 2.48. The molecule has 3 rings (SSSR count). The topological polar surface area (TPSA) is 47.9 Å². The summed E-state index contributed by atoms with van der Waals surface area (Å²) in [7, 11) is 0. The number of hydrogen-bond acceptors (Lipinski definition) is 3. The monoisotopic (exact) mass is 219 g/mol. The van der Waals surface area contributed by atoms with Crippen molar-refractivity contribution in [2.24, 2.45) is 17.3 Å². The van der Waals surface area contributed by atoms with E-state index in [1.54, 1.807) is 0 Å². The Morgan fingerprint density at radius 2 is 2.12 bits per heavy atom. The first-order chi connectivity index (χ1) is 7.81. The maximum atomic E-state index is 7.15. The van der Waals surface area contributed by atoms with Crippen molar-refractivity contribution in [2.45, 2.75) is 25.7 Å². The van der Waals surface area contributed by atoms with Crippen molar-refractivity contribution in [2.75, 3.05) is 19.6 Å². The van der Waals surface area contributed by atoms with E-state index >= 15 is 0 Å². The van der Waals surface area contributed by atoms with E-state index < -0.39 is 0 Å². The third kappa shape index (κ3) is 1.88. The van der Waals surface area contributed by atoms with Crippen LogP contribution in [-0.2, 0) is 0 Å². The molecule has 3 nitrogen and oxygen atoms in total. The van der Waals surface area contributed by atoms with Crippen LogP contribution in [0.2, 0.25) is 0 Å². The summed E-state index contributed by atoms with van der Waals surface area (Å²) in [5.41, 5.74) is 2.00.